The number of carbonyl (C=O) groups is 2. The number of rotatable bonds is 8. The fourth-order valence-electron chi connectivity index (χ4n) is 4.79. The van der Waals surface area contributed by atoms with Crippen molar-refractivity contribution in [2.24, 2.45) is 0 Å². The number of Topliss-reactive ketones (excluding diaryl/α,β-unsaturated/α-hetero) is 1. The molecule has 1 saturated heterocycles. The van der Waals surface area contributed by atoms with Gasteiger partial charge in [0.15, 0.2) is 0 Å². The number of aromatic nitrogens is 1. The number of nitrogens with zero attached hydrogens (tertiary/aromatic N) is 2. The van der Waals surface area contributed by atoms with E-state index in [4.69, 9.17) is 9.47 Å². The smallest absolute Gasteiger partial charge is 0.295 e. The van der Waals surface area contributed by atoms with Crippen molar-refractivity contribution in [2.75, 3.05) is 0 Å². The number of para-hydroxylation sites is 1. The van der Waals surface area contributed by atoms with Crippen LogP contribution in [0.5, 0.6) is 17.2 Å². The summed E-state index contributed by atoms with van der Waals surface area (Å²) in [5.41, 5.74) is 2.70. The van der Waals surface area contributed by atoms with Crippen molar-refractivity contribution in [3.05, 3.63) is 125 Å². The van der Waals surface area contributed by atoms with Crippen LogP contribution in [-0.2, 0) is 16.1 Å². The molecule has 1 unspecified atom stereocenters. The van der Waals surface area contributed by atoms with Crippen LogP contribution in [0.4, 0.5) is 0 Å². The predicted octanol–water partition coefficient (Wildman–Crippen LogP) is 6.59. The lowest BCUT2D eigenvalue weighted by atomic mass is 9.94. The average molecular weight is 535 g/mol. The topological polar surface area (TPSA) is 89.0 Å². The van der Waals surface area contributed by atoms with E-state index in [2.05, 4.69) is 4.98 Å². The Bertz CT molecular complexity index is 1560. The summed E-state index contributed by atoms with van der Waals surface area (Å²) >= 11 is 0. The number of benzene rings is 3. The highest BCUT2D eigenvalue weighted by Crippen LogP contribution is 2.42. The van der Waals surface area contributed by atoms with E-state index >= 15 is 0 Å². The van der Waals surface area contributed by atoms with E-state index in [0.717, 1.165) is 11.1 Å². The van der Waals surface area contributed by atoms with Gasteiger partial charge in [0.2, 0.25) is 0 Å². The van der Waals surface area contributed by atoms with Gasteiger partial charge in [-0.15, -0.1) is 0 Å². The Morgan fingerprint density at radius 1 is 0.925 bits per heavy atom. The molecule has 3 aromatic carbocycles. The van der Waals surface area contributed by atoms with Gasteiger partial charge < -0.3 is 19.5 Å². The minimum absolute atomic E-state index is 0.0120. The van der Waals surface area contributed by atoms with Gasteiger partial charge in [-0.3, -0.25) is 14.6 Å². The second-order valence-corrected chi connectivity index (χ2v) is 9.92. The van der Waals surface area contributed by atoms with Crippen molar-refractivity contribution >= 4 is 17.4 Å². The summed E-state index contributed by atoms with van der Waals surface area (Å²) in [4.78, 5) is 32.5. The lowest BCUT2D eigenvalue weighted by Gasteiger charge is -2.26. The maximum Gasteiger partial charge on any atom is 0.295 e. The largest absolute Gasteiger partial charge is 0.507 e. The summed E-state index contributed by atoms with van der Waals surface area (Å²) < 4.78 is 11.9. The van der Waals surface area contributed by atoms with Crippen LogP contribution in [0, 0.1) is 6.92 Å². The van der Waals surface area contributed by atoms with E-state index in [1.807, 2.05) is 69.3 Å². The number of aryl methyl sites for hydroxylation is 1. The number of likely N-dealkylation sites (tertiary alicyclic amines) is 1. The summed E-state index contributed by atoms with van der Waals surface area (Å²) in [5, 5.41) is 11.5. The Balaban J connectivity index is 1.60. The van der Waals surface area contributed by atoms with Gasteiger partial charge in [-0.25, -0.2) is 0 Å². The van der Waals surface area contributed by atoms with Crippen molar-refractivity contribution in [1.82, 2.24) is 9.88 Å². The van der Waals surface area contributed by atoms with Crippen LogP contribution in [-0.4, -0.2) is 32.8 Å². The third-order valence-electron chi connectivity index (χ3n) is 6.61. The fourth-order valence-corrected chi connectivity index (χ4v) is 4.79. The zero-order valence-electron chi connectivity index (χ0n) is 22.6. The molecule has 40 heavy (non-hydrogen) atoms. The van der Waals surface area contributed by atoms with Crippen LogP contribution in [0.1, 0.15) is 42.1 Å². The van der Waals surface area contributed by atoms with Gasteiger partial charge in [-0.1, -0.05) is 30.3 Å². The number of aliphatic hydroxyl groups is 1. The summed E-state index contributed by atoms with van der Waals surface area (Å²) in [5.74, 6) is 0.218. The molecule has 2 heterocycles. The number of aliphatic hydroxyl groups excluding tert-OH is 1. The first kappa shape index (κ1) is 26.7. The highest BCUT2D eigenvalue weighted by Gasteiger charge is 2.46. The first-order chi connectivity index (χ1) is 19.3. The van der Waals surface area contributed by atoms with Crippen molar-refractivity contribution in [3.63, 3.8) is 0 Å². The van der Waals surface area contributed by atoms with E-state index in [1.54, 1.807) is 48.8 Å². The minimum Gasteiger partial charge on any atom is -0.507 e. The number of hydrogen-bond acceptors (Lipinski definition) is 6. The highest BCUT2D eigenvalue weighted by atomic mass is 16.5. The molecule has 1 aromatic heterocycles. The molecule has 5 rings (SSSR count). The summed E-state index contributed by atoms with van der Waals surface area (Å²) in [6.07, 6.45) is 3.26. The molecule has 1 fully saturated rings. The minimum atomic E-state index is -0.834. The molecular weight excluding hydrogens is 504 g/mol. The summed E-state index contributed by atoms with van der Waals surface area (Å²) in [6.45, 7) is 5.91. The molecule has 0 aliphatic carbocycles. The van der Waals surface area contributed by atoms with Gasteiger partial charge >= 0.3 is 0 Å². The molecule has 0 saturated carbocycles. The SMILES string of the molecule is Cc1cc(/C(O)=C2\C(=O)C(=O)N(Cc3ccncc3)C2c2cccc(Oc3ccccc3)c2)ccc1OC(C)C. The van der Waals surface area contributed by atoms with E-state index in [1.165, 1.54) is 4.90 Å². The van der Waals surface area contributed by atoms with Crippen LogP contribution < -0.4 is 9.47 Å². The second kappa shape index (κ2) is 11.5. The Hall–Kier alpha value is -4.91. The molecule has 1 amide bonds. The predicted molar refractivity (Wildman–Crippen MR) is 152 cm³/mol. The molecule has 1 N–H and O–H groups in total. The second-order valence-electron chi connectivity index (χ2n) is 9.92. The van der Waals surface area contributed by atoms with Crippen molar-refractivity contribution < 1.29 is 24.2 Å². The Morgan fingerprint density at radius 3 is 2.35 bits per heavy atom. The van der Waals surface area contributed by atoms with Gasteiger partial charge in [0, 0.05) is 24.5 Å². The molecule has 0 spiro atoms. The summed E-state index contributed by atoms with van der Waals surface area (Å²) in [6, 6.07) is 24.6. The van der Waals surface area contributed by atoms with Gasteiger partial charge in [-0.2, -0.15) is 0 Å². The molecule has 4 aromatic rings. The molecule has 202 valence electrons. The molecule has 0 radical (unpaired) electrons. The van der Waals surface area contributed by atoms with Gasteiger partial charge in [0.25, 0.3) is 11.7 Å². The lowest BCUT2D eigenvalue weighted by molar-refractivity contribution is -0.140. The van der Waals surface area contributed by atoms with Crippen LogP contribution >= 0.6 is 0 Å². The summed E-state index contributed by atoms with van der Waals surface area (Å²) in [7, 11) is 0. The molecule has 1 aliphatic rings. The van der Waals surface area contributed by atoms with Crippen molar-refractivity contribution in [3.8, 4) is 17.2 Å². The molecule has 0 bridgehead atoms. The number of carbonyl (C=O) groups excluding carboxylic acids is 2. The van der Waals surface area contributed by atoms with Crippen LogP contribution in [0.3, 0.4) is 0 Å². The van der Waals surface area contributed by atoms with E-state index in [0.29, 0.717) is 28.4 Å². The molecule has 7 nitrogen and oxygen atoms in total. The number of hydrogen-bond donors (Lipinski definition) is 1. The van der Waals surface area contributed by atoms with Crippen LogP contribution in [0.15, 0.2) is 103 Å². The zero-order chi connectivity index (χ0) is 28.2. The van der Waals surface area contributed by atoms with E-state index in [-0.39, 0.29) is 24.0 Å². The lowest BCUT2D eigenvalue weighted by Crippen LogP contribution is -2.29. The first-order valence-corrected chi connectivity index (χ1v) is 13.1. The van der Waals surface area contributed by atoms with Crippen molar-refractivity contribution in [1.29, 1.82) is 0 Å². The van der Waals surface area contributed by atoms with Crippen LogP contribution in [0.25, 0.3) is 5.76 Å². The average Bonchev–Trinajstić information content (AvgIpc) is 3.20. The highest BCUT2D eigenvalue weighted by molar-refractivity contribution is 6.46. The standard InChI is InChI=1S/C33H30N2O5/c1-21(2)39-28-13-12-25(18-22(28)3)31(36)29-30(35(33(38)32(29)37)20-23-14-16-34-17-15-23)24-8-7-11-27(19-24)40-26-9-5-4-6-10-26/h4-19,21,30,36H,20H2,1-3H3/b31-29+. The van der Waals surface area contributed by atoms with E-state index in [9.17, 15) is 14.7 Å². The third kappa shape index (κ3) is 5.59. The monoisotopic (exact) mass is 534 g/mol. The Morgan fingerprint density at radius 2 is 1.65 bits per heavy atom. The molecule has 1 atom stereocenters. The van der Waals surface area contributed by atoms with Gasteiger partial charge in [0.05, 0.1) is 17.7 Å². The van der Waals surface area contributed by atoms with Gasteiger partial charge in [0.1, 0.15) is 23.0 Å². The number of ketones is 1. The quantitative estimate of drug-likeness (QED) is 0.156. The third-order valence-corrected chi connectivity index (χ3v) is 6.61. The normalized spacial score (nSPS) is 16.4. The number of pyridine rings is 1. The van der Waals surface area contributed by atoms with Crippen LogP contribution in [0.2, 0.25) is 0 Å². The zero-order valence-corrected chi connectivity index (χ0v) is 22.6. The molecular formula is C33H30N2O5. The Labute approximate surface area is 233 Å². The van der Waals surface area contributed by atoms with E-state index < -0.39 is 17.7 Å². The number of amides is 1. The van der Waals surface area contributed by atoms with Crippen molar-refractivity contribution in [2.45, 2.75) is 39.5 Å². The fraction of sp³-hybridized carbons (Fsp3) is 0.182. The number of ether oxygens (including phenoxy) is 2. The first-order valence-electron chi connectivity index (χ1n) is 13.1. The van der Waals surface area contributed by atoms with Gasteiger partial charge in [-0.05, 0) is 92.1 Å². The molecule has 7 heteroatoms. The maximum atomic E-state index is 13.5. The maximum absolute atomic E-state index is 13.5. The molecule has 1 aliphatic heterocycles. The Kier molecular flexibility index (Phi) is 7.64.